The van der Waals surface area contributed by atoms with Gasteiger partial charge in [-0.2, -0.15) is 0 Å². The molecule has 0 aliphatic carbocycles. The normalized spacial score (nSPS) is 17.1. The summed E-state index contributed by atoms with van der Waals surface area (Å²) in [5.41, 5.74) is 5.77. The minimum absolute atomic E-state index is 0.0512. The van der Waals surface area contributed by atoms with E-state index in [4.69, 9.17) is 5.73 Å². The molecule has 0 spiro atoms. The van der Waals surface area contributed by atoms with Crippen LogP contribution in [0.15, 0.2) is 24.3 Å². The first-order valence-electron chi connectivity index (χ1n) is 9.78. The van der Waals surface area contributed by atoms with Crippen LogP contribution in [0, 0.1) is 11.7 Å². The second-order valence-corrected chi connectivity index (χ2v) is 7.11. The molecule has 4 N–H and O–H groups in total. The van der Waals surface area contributed by atoms with Gasteiger partial charge in [0, 0.05) is 31.6 Å². The first-order chi connectivity index (χ1) is 13.5. The standard InChI is InChI=1S/C20H29FN4O3/c21-17-8-6-15(7-9-17)20(28)24-10-1-5-18(26)23-11-3-13-25-12-2-4-16(14-25)19(22)27/h6-9,16H,1-5,10-14H2,(H2,22,27)(H,23,26)(H,24,28). The summed E-state index contributed by atoms with van der Waals surface area (Å²) in [6.07, 6.45) is 3.52. The molecule has 28 heavy (non-hydrogen) atoms. The van der Waals surface area contributed by atoms with Crippen molar-refractivity contribution in [1.82, 2.24) is 15.5 Å². The van der Waals surface area contributed by atoms with Gasteiger partial charge in [0.1, 0.15) is 5.82 Å². The molecular formula is C20H29FN4O3. The molecule has 154 valence electrons. The van der Waals surface area contributed by atoms with Gasteiger partial charge >= 0.3 is 0 Å². The maximum absolute atomic E-state index is 12.8. The van der Waals surface area contributed by atoms with Crippen LogP contribution in [0.25, 0.3) is 0 Å². The first kappa shape index (κ1) is 21.8. The number of piperidine rings is 1. The number of carbonyl (C=O) groups is 3. The lowest BCUT2D eigenvalue weighted by atomic mass is 9.97. The topological polar surface area (TPSA) is 105 Å². The van der Waals surface area contributed by atoms with Crippen LogP contribution in [0.2, 0.25) is 0 Å². The van der Waals surface area contributed by atoms with Gasteiger partial charge in [0.2, 0.25) is 11.8 Å². The van der Waals surface area contributed by atoms with Gasteiger partial charge in [-0.1, -0.05) is 0 Å². The molecule has 1 aromatic carbocycles. The fourth-order valence-corrected chi connectivity index (χ4v) is 3.26. The second kappa shape index (κ2) is 11.4. The van der Waals surface area contributed by atoms with E-state index in [-0.39, 0.29) is 29.5 Å². The number of nitrogens with two attached hydrogens (primary N) is 1. The Morgan fingerprint density at radius 3 is 2.54 bits per heavy atom. The Hall–Kier alpha value is -2.48. The Morgan fingerprint density at radius 1 is 1.11 bits per heavy atom. The number of halogens is 1. The third kappa shape index (κ3) is 7.64. The van der Waals surface area contributed by atoms with Crippen molar-refractivity contribution in [2.45, 2.75) is 32.1 Å². The molecule has 1 aromatic rings. The Balaban J connectivity index is 1.51. The number of nitrogens with zero attached hydrogens (tertiary/aromatic N) is 1. The van der Waals surface area contributed by atoms with Gasteiger partial charge < -0.3 is 21.3 Å². The van der Waals surface area contributed by atoms with E-state index in [9.17, 15) is 18.8 Å². The molecule has 1 saturated heterocycles. The summed E-state index contributed by atoms with van der Waals surface area (Å²) in [7, 11) is 0. The second-order valence-electron chi connectivity index (χ2n) is 7.11. The van der Waals surface area contributed by atoms with Gasteiger partial charge in [-0.3, -0.25) is 14.4 Å². The third-order valence-corrected chi connectivity index (χ3v) is 4.85. The van der Waals surface area contributed by atoms with E-state index in [0.717, 1.165) is 32.4 Å². The molecule has 0 aromatic heterocycles. The highest BCUT2D eigenvalue weighted by Crippen LogP contribution is 2.15. The maximum atomic E-state index is 12.8. The molecule has 3 amide bonds. The van der Waals surface area contributed by atoms with Crippen LogP contribution < -0.4 is 16.4 Å². The average molecular weight is 392 g/mol. The van der Waals surface area contributed by atoms with Crippen LogP contribution in [-0.4, -0.2) is 55.3 Å². The number of rotatable bonds is 10. The summed E-state index contributed by atoms with van der Waals surface area (Å²) in [5, 5.41) is 5.58. The number of benzene rings is 1. The number of nitrogens with one attached hydrogen (secondary N) is 2. The van der Waals surface area contributed by atoms with Crippen molar-refractivity contribution < 1.29 is 18.8 Å². The van der Waals surface area contributed by atoms with E-state index in [1.165, 1.54) is 24.3 Å². The van der Waals surface area contributed by atoms with Crippen molar-refractivity contribution in [2.24, 2.45) is 11.7 Å². The summed E-state index contributed by atoms with van der Waals surface area (Å²) in [4.78, 5) is 37.2. The molecule has 1 aliphatic rings. The van der Waals surface area contributed by atoms with Crippen molar-refractivity contribution in [3.63, 3.8) is 0 Å². The fourth-order valence-electron chi connectivity index (χ4n) is 3.26. The van der Waals surface area contributed by atoms with E-state index in [0.29, 0.717) is 38.0 Å². The zero-order chi connectivity index (χ0) is 20.4. The van der Waals surface area contributed by atoms with Crippen molar-refractivity contribution in [1.29, 1.82) is 0 Å². The number of carbonyl (C=O) groups excluding carboxylic acids is 3. The fraction of sp³-hybridized carbons (Fsp3) is 0.550. The van der Waals surface area contributed by atoms with E-state index >= 15 is 0 Å². The highest BCUT2D eigenvalue weighted by Gasteiger charge is 2.23. The molecule has 1 unspecified atom stereocenters. The molecule has 1 heterocycles. The van der Waals surface area contributed by atoms with E-state index in [2.05, 4.69) is 15.5 Å². The average Bonchev–Trinajstić information content (AvgIpc) is 2.69. The summed E-state index contributed by atoms with van der Waals surface area (Å²) in [5.74, 6) is -1.01. The number of amides is 3. The monoisotopic (exact) mass is 392 g/mol. The summed E-state index contributed by atoms with van der Waals surface area (Å²) in [6, 6.07) is 5.32. The largest absolute Gasteiger partial charge is 0.369 e. The van der Waals surface area contributed by atoms with Crippen LogP contribution in [0.5, 0.6) is 0 Å². The minimum atomic E-state index is -0.388. The Kier molecular flexibility index (Phi) is 8.87. The highest BCUT2D eigenvalue weighted by atomic mass is 19.1. The summed E-state index contributed by atoms with van der Waals surface area (Å²) >= 11 is 0. The van der Waals surface area contributed by atoms with E-state index in [1.807, 2.05) is 0 Å². The smallest absolute Gasteiger partial charge is 0.251 e. The van der Waals surface area contributed by atoms with Crippen LogP contribution in [0.3, 0.4) is 0 Å². The molecule has 1 fully saturated rings. The van der Waals surface area contributed by atoms with Crippen molar-refractivity contribution in [3.8, 4) is 0 Å². The Bertz CT molecular complexity index is 666. The summed E-state index contributed by atoms with van der Waals surface area (Å²) < 4.78 is 12.8. The van der Waals surface area contributed by atoms with Crippen LogP contribution in [-0.2, 0) is 9.59 Å². The predicted molar refractivity (Wildman–Crippen MR) is 104 cm³/mol. The molecule has 7 nitrogen and oxygen atoms in total. The van der Waals surface area contributed by atoms with Gasteiger partial charge in [-0.25, -0.2) is 4.39 Å². The molecule has 1 aliphatic heterocycles. The third-order valence-electron chi connectivity index (χ3n) is 4.85. The molecule has 1 atom stereocenters. The number of likely N-dealkylation sites (tertiary alicyclic amines) is 1. The van der Waals surface area contributed by atoms with E-state index in [1.54, 1.807) is 0 Å². The number of hydrogen-bond acceptors (Lipinski definition) is 4. The number of primary amides is 1. The quantitative estimate of drug-likeness (QED) is 0.518. The van der Waals surface area contributed by atoms with Gasteiger partial charge in [0.05, 0.1) is 5.92 Å². The van der Waals surface area contributed by atoms with Crippen molar-refractivity contribution >= 4 is 17.7 Å². The Labute approximate surface area is 164 Å². The first-order valence-corrected chi connectivity index (χ1v) is 9.78. The number of hydrogen-bond donors (Lipinski definition) is 3. The Morgan fingerprint density at radius 2 is 1.82 bits per heavy atom. The van der Waals surface area contributed by atoms with E-state index < -0.39 is 0 Å². The summed E-state index contributed by atoms with van der Waals surface area (Å²) in [6.45, 7) is 3.46. The van der Waals surface area contributed by atoms with Crippen LogP contribution >= 0.6 is 0 Å². The van der Waals surface area contributed by atoms with Crippen molar-refractivity contribution in [3.05, 3.63) is 35.6 Å². The molecule has 2 rings (SSSR count). The minimum Gasteiger partial charge on any atom is -0.369 e. The predicted octanol–water partition coefficient (Wildman–Crippen LogP) is 1.04. The molecule has 8 heteroatoms. The van der Waals surface area contributed by atoms with Gasteiger partial charge in [-0.15, -0.1) is 0 Å². The van der Waals surface area contributed by atoms with Gasteiger partial charge in [0.15, 0.2) is 0 Å². The molecule has 0 saturated carbocycles. The zero-order valence-corrected chi connectivity index (χ0v) is 16.1. The van der Waals surface area contributed by atoms with Gasteiger partial charge in [-0.05, 0) is 63.0 Å². The zero-order valence-electron chi connectivity index (χ0n) is 16.1. The van der Waals surface area contributed by atoms with Crippen LogP contribution in [0.1, 0.15) is 42.5 Å². The van der Waals surface area contributed by atoms with Gasteiger partial charge in [0.25, 0.3) is 5.91 Å². The lowest BCUT2D eigenvalue weighted by molar-refractivity contribution is -0.123. The lowest BCUT2D eigenvalue weighted by Crippen LogP contribution is -2.42. The lowest BCUT2D eigenvalue weighted by Gasteiger charge is -2.31. The molecular weight excluding hydrogens is 363 g/mol. The van der Waals surface area contributed by atoms with Crippen LogP contribution in [0.4, 0.5) is 4.39 Å². The molecule has 0 radical (unpaired) electrons. The molecule has 0 bridgehead atoms. The highest BCUT2D eigenvalue weighted by molar-refractivity contribution is 5.94. The van der Waals surface area contributed by atoms with Crippen molar-refractivity contribution in [2.75, 3.05) is 32.7 Å². The SMILES string of the molecule is NC(=O)C1CCCN(CCCNC(=O)CCCNC(=O)c2ccc(F)cc2)C1. The maximum Gasteiger partial charge on any atom is 0.251 e.